The second kappa shape index (κ2) is 13.3. The highest BCUT2D eigenvalue weighted by atomic mass is 32.2. The molecule has 0 aliphatic carbocycles. The third-order valence-electron chi connectivity index (χ3n) is 8.45. The number of hydrogen-bond acceptors (Lipinski definition) is 4. The Morgan fingerprint density at radius 1 is 0.952 bits per heavy atom. The van der Waals surface area contributed by atoms with Gasteiger partial charge in [-0.3, -0.25) is 0 Å². The summed E-state index contributed by atoms with van der Waals surface area (Å²) in [5.41, 5.74) is 7.24. The summed E-state index contributed by atoms with van der Waals surface area (Å²) in [5.74, 6) is 1.80. The Morgan fingerprint density at radius 2 is 1.60 bits per heavy atom. The SMILES string of the molecule is CC(C)=CCC/C(C)=C/C(C[C@]1(C)CCc2c(C)c(OCc3ccccc3)c(C)c(C)c2O1)S(=O)(=O)c1ccccc1. The molecule has 0 fully saturated rings. The van der Waals surface area contributed by atoms with Gasteiger partial charge < -0.3 is 9.47 Å². The van der Waals surface area contributed by atoms with Gasteiger partial charge in [-0.2, -0.15) is 0 Å². The Morgan fingerprint density at radius 3 is 2.24 bits per heavy atom. The van der Waals surface area contributed by atoms with Crippen molar-refractivity contribution in [1.82, 2.24) is 0 Å². The van der Waals surface area contributed by atoms with Gasteiger partial charge in [-0.25, -0.2) is 8.42 Å². The minimum Gasteiger partial charge on any atom is -0.488 e. The standard InChI is InChI=1S/C37H46O4S/c1-26(2)15-14-16-27(3)23-33(42(38,39)32-19-12-9-13-20-32)24-37(7)22-21-34-30(6)35(28(4)29(5)36(34)41-37)40-25-31-17-10-8-11-18-31/h8-13,15,17-20,23,33H,14,16,21-22,24-25H2,1-7H3/b27-23+/t33?,37-/m0/s1. The van der Waals surface area contributed by atoms with E-state index in [2.05, 4.69) is 59.8 Å². The van der Waals surface area contributed by atoms with Gasteiger partial charge in [0.15, 0.2) is 9.84 Å². The van der Waals surface area contributed by atoms with E-state index in [1.807, 2.05) is 37.3 Å². The van der Waals surface area contributed by atoms with Gasteiger partial charge >= 0.3 is 0 Å². The number of fused-ring (bicyclic) bond motifs is 1. The molecule has 0 saturated carbocycles. The number of hydrogen-bond donors (Lipinski definition) is 0. The molecule has 1 unspecified atom stereocenters. The lowest BCUT2D eigenvalue weighted by atomic mass is 9.84. The highest BCUT2D eigenvalue weighted by molar-refractivity contribution is 7.92. The van der Waals surface area contributed by atoms with E-state index in [1.54, 1.807) is 24.3 Å². The highest BCUT2D eigenvalue weighted by Gasteiger charge is 2.40. The minimum atomic E-state index is -3.61. The van der Waals surface area contributed by atoms with Gasteiger partial charge in [0, 0.05) is 12.0 Å². The fraction of sp³-hybridized carbons (Fsp3) is 0.405. The highest BCUT2D eigenvalue weighted by Crippen LogP contribution is 2.45. The number of allylic oxidation sites excluding steroid dienone is 3. The van der Waals surface area contributed by atoms with Crippen molar-refractivity contribution >= 4 is 9.84 Å². The third kappa shape index (κ3) is 7.36. The van der Waals surface area contributed by atoms with E-state index in [9.17, 15) is 8.42 Å². The molecular formula is C37H46O4S. The molecule has 5 heteroatoms. The molecule has 3 aromatic rings. The van der Waals surface area contributed by atoms with E-state index in [1.165, 1.54) is 5.57 Å². The van der Waals surface area contributed by atoms with Crippen LogP contribution in [0.4, 0.5) is 0 Å². The van der Waals surface area contributed by atoms with E-state index in [0.717, 1.165) is 70.6 Å². The van der Waals surface area contributed by atoms with Crippen LogP contribution in [0.5, 0.6) is 11.5 Å². The maximum Gasteiger partial charge on any atom is 0.184 e. The molecular weight excluding hydrogens is 540 g/mol. The van der Waals surface area contributed by atoms with Crippen molar-refractivity contribution in [3.8, 4) is 11.5 Å². The normalized spacial score (nSPS) is 17.6. The first kappa shape index (κ1) is 31.6. The van der Waals surface area contributed by atoms with Crippen LogP contribution >= 0.6 is 0 Å². The number of rotatable bonds is 11. The van der Waals surface area contributed by atoms with E-state index < -0.39 is 20.7 Å². The summed E-state index contributed by atoms with van der Waals surface area (Å²) < 4.78 is 41.2. The quantitative estimate of drug-likeness (QED) is 0.210. The fourth-order valence-electron chi connectivity index (χ4n) is 5.83. The van der Waals surface area contributed by atoms with Crippen LogP contribution in [-0.2, 0) is 22.9 Å². The maximum absolute atomic E-state index is 14.0. The Kier molecular flexibility index (Phi) is 10.0. The molecule has 1 aliphatic heterocycles. The second-order valence-electron chi connectivity index (χ2n) is 12.3. The fourth-order valence-corrected chi connectivity index (χ4v) is 7.70. The van der Waals surface area contributed by atoms with Crippen molar-refractivity contribution in [1.29, 1.82) is 0 Å². The molecule has 0 radical (unpaired) electrons. The van der Waals surface area contributed by atoms with Crippen LogP contribution in [0.1, 0.15) is 81.2 Å². The third-order valence-corrected chi connectivity index (χ3v) is 10.5. The van der Waals surface area contributed by atoms with Gasteiger partial charge in [-0.05, 0) is 109 Å². The van der Waals surface area contributed by atoms with Crippen LogP contribution in [0.25, 0.3) is 0 Å². The number of sulfone groups is 1. The zero-order valence-electron chi connectivity index (χ0n) is 26.3. The molecule has 0 aromatic heterocycles. The van der Waals surface area contributed by atoms with Gasteiger partial charge in [0.2, 0.25) is 0 Å². The summed E-state index contributed by atoms with van der Waals surface area (Å²) in [5, 5.41) is -0.686. The van der Waals surface area contributed by atoms with Crippen molar-refractivity contribution in [3.05, 3.63) is 112 Å². The molecule has 42 heavy (non-hydrogen) atoms. The molecule has 1 heterocycles. The molecule has 224 valence electrons. The minimum absolute atomic E-state index is 0.353. The predicted octanol–water partition coefficient (Wildman–Crippen LogP) is 9.20. The molecule has 3 aromatic carbocycles. The first-order valence-electron chi connectivity index (χ1n) is 15.0. The summed E-state index contributed by atoms with van der Waals surface area (Å²) in [4.78, 5) is 0.353. The lowest BCUT2D eigenvalue weighted by molar-refractivity contribution is 0.0564. The molecule has 4 nitrogen and oxygen atoms in total. The Bertz CT molecular complexity index is 1550. The van der Waals surface area contributed by atoms with E-state index >= 15 is 0 Å². The summed E-state index contributed by atoms with van der Waals surface area (Å²) >= 11 is 0. The van der Waals surface area contributed by atoms with Crippen LogP contribution in [0.3, 0.4) is 0 Å². The maximum atomic E-state index is 14.0. The van der Waals surface area contributed by atoms with Crippen LogP contribution in [0.2, 0.25) is 0 Å². The summed E-state index contributed by atoms with van der Waals surface area (Å²) in [7, 11) is -3.61. The van der Waals surface area contributed by atoms with Gasteiger partial charge in [-0.1, -0.05) is 71.8 Å². The monoisotopic (exact) mass is 586 g/mol. The van der Waals surface area contributed by atoms with E-state index in [4.69, 9.17) is 9.47 Å². The van der Waals surface area contributed by atoms with Crippen molar-refractivity contribution < 1.29 is 17.9 Å². The van der Waals surface area contributed by atoms with Crippen LogP contribution in [0, 0.1) is 20.8 Å². The molecule has 4 rings (SSSR count). The predicted molar refractivity (Wildman–Crippen MR) is 173 cm³/mol. The molecule has 0 bridgehead atoms. The smallest absolute Gasteiger partial charge is 0.184 e. The molecule has 0 saturated heterocycles. The molecule has 2 atom stereocenters. The summed E-state index contributed by atoms with van der Waals surface area (Å²) in [6.45, 7) is 15.1. The number of ether oxygens (including phenoxy) is 2. The van der Waals surface area contributed by atoms with Crippen molar-refractivity contribution in [2.24, 2.45) is 0 Å². The Labute approximate surface area is 253 Å². The van der Waals surface area contributed by atoms with Gasteiger partial charge in [0.05, 0.1) is 10.1 Å². The molecule has 1 aliphatic rings. The Hall–Kier alpha value is -3.31. The molecule has 0 amide bonds. The van der Waals surface area contributed by atoms with Crippen molar-refractivity contribution in [3.63, 3.8) is 0 Å². The summed E-state index contributed by atoms with van der Waals surface area (Å²) in [6.07, 6.45) is 7.81. The van der Waals surface area contributed by atoms with Gasteiger partial charge in [-0.15, -0.1) is 0 Å². The zero-order chi connectivity index (χ0) is 30.5. The van der Waals surface area contributed by atoms with Gasteiger partial charge in [0.1, 0.15) is 23.7 Å². The average molecular weight is 587 g/mol. The van der Waals surface area contributed by atoms with Crippen LogP contribution < -0.4 is 9.47 Å². The lowest BCUT2D eigenvalue weighted by Gasteiger charge is -2.39. The van der Waals surface area contributed by atoms with Gasteiger partial charge in [0.25, 0.3) is 0 Å². The van der Waals surface area contributed by atoms with Crippen molar-refractivity contribution in [2.45, 2.75) is 103 Å². The first-order chi connectivity index (χ1) is 19.9. The van der Waals surface area contributed by atoms with Crippen LogP contribution in [-0.4, -0.2) is 19.3 Å². The largest absolute Gasteiger partial charge is 0.488 e. The molecule has 0 N–H and O–H groups in total. The van der Waals surface area contributed by atoms with E-state index in [-0.39, 0.29) is 0 Å². The second-order valence-corrected chi connectivity index (χ2v) is 14.4. The lowest BCUT2D eigenvalue weighted by Crippen LogP contribution is -2.42. The molecule has 0 spiro atoms. The van der Waals surface area contributed by atoms with Crippen molar-refractivity contribution in [2.75, 3.05) is 0 Å². The zero-order valence-corrected chi connectivity index (χ0v) is 27.1. The van der Waals surface area contributed by atoms with Crippen LogP contribution in [0.15, 0.2) is 88.9 Å². The van der Waals surface area contributed by atoms with E-state index in [0.29, 0.717) is 17.9 Å². The Balaban J connectivity index is 1.63. The first-order valence-corrected chi connectivity index (χ1v) is 16.5. The average Bonchev–Trinajstić information content (AvgIpc) is 2.96. The number of benzene rings is 3. The topological polar surface area (TPSA) is 52.6 Å². The summed E-state index contributed by atoms with van der Waals surface area (Å²) in [6, 6.07) is 19.0.